The summed E-state index contributed by atoms with van der Waals surface area (Å²) >= 11 is 0. The van der Waals surface area contributed by atoms with Gasteiger partial charge in [0.1, 0.15) is 6.61 Å². The SMILES string of the molecule is CN(C(=O)COC1CCC(=NO)CC1)C1CC1. The third kappa shape index (κ3) is 3.43. The second kappa shape index (κ2) is 5.49. The molecule has 0 aromatic heterocycles. The van der Waals surface area contributed by atoms with E-state index in [1.54, 1.807) is 4.90 Å². The van der Waals surface area contributed by atoms with Crippen LogP contribution in [0.4, 0.5) is 0 Å². The molecule has 2 aliphatic rings. The number of hydrogen-bond donors (Lipinski definition) is 1. The van der Waals surface area contributed by atoms with Crippen LogP contribution >= 0.6 is 0 Å². The first-order valence-corrected chi connectivity index (χ1v) is 6.27. The van der Waals surface area contributed by atoms with Gasteiger partial charge in [-0.15, -0.1) is 0 Å². The van der Waals surface area contributed by atoms with E-state index in [-0.39, 0.29) is 18.6 Å². The highest BCUT2D eigenvalue weighted by atomic mass is 16.5. The number of amides is 1. The van der Waals surface area contributed by atoms with Crippen molar-refractivity contribution >= 4 is 11.6 Å². The Hall–Kier alpha value is -1.10. The molecular formula is C12H20N2O3. The Labute approximate surface area is 101 Å². The molecule has 0 aliphatic heterocycles. The van der Waals surface area contributed by atoms with Crippen LogP contribution in [0.15, 0.2) is 5.16 Å². The van der Waals surface area contributed by atoms with Gasteiger partial charge in [0.15, 0.2) is 0 Å². The van der Waals surface area contributed by atoms with E-state index in [4.69, 9.17) is 9.94 Å². The number of hydrogen-bond acceptors (Lipinski definition) is 4. The quantitative estimate of drug-likeness (QED) is 0.596. The van der Waals surface area contributed by atoms with Crippen LogP contribution in [0.3, 0.4) is 0 Å². The number of carbonyl (C=O) groups excluding carboxylic acids is 1. The zero-order valence-corrected chi connectivity index (χ0v) is 10.3. The summed E-state index contributed by atoms with van der Waals surface area (Å²) in [6.07, 6.45) is 5.63. The van der Waals surface area contributed by atoms with E-state index in [1.807, 2.05) is 7.05 Å². The first-order chi connectivity index (χ1) is 8.20. The zero-order chi connectivity index (χ0) is 12.3. The molecule has 2 aliphatic carbocycles. The molecule has 0 spiro atoms. The molecule has 5 heteroatoms. The first kappa shape index (κ1) is 12.4. The van der Waals surface area contributed by atoms with Crippen molar-refractivity contribution in [3.05, 3.63) is 0 Å². The van der Waals surface area contributed by atoms with Crippen LogP contribution in [-0.4, -0.2) is 47.5 Å². The summed E-state index contributed by atoms with van der Waals surface area (Å²) in [5.74, 6) is 0.0779. The highest BCUT2D eigenvalue weighted by Gasteiger charge is 2.30. The molecule has 2 rings (SSSR count). The smallest absolute Gasteiger partial charge is 0.248 e. The van der Waals surface area contributed by atoms with Gasteiger partial charge in [-0.25, -0.2) is 0 Å². The van der Waals surface area contributed by atoms with E-state index in [2.05, 4.69) is 5.16 Å². The molecule has 1 amide bonds. The summed E-state index contributed by atoms with van der Waals surface area (Å²) in [5.41, 5.74) is 0.839. The van der Waals surface area contributed by atoms with Crippen molar-refractivity contribution in [2.45, 2.75) is 50.7 Å². The number of carbonyl (C=O) groups is 1. The summed E-state index contributed by atoms with van der Waals surface area (Å²) in [4.78, 5) is 13.5. The maximum absolute atomic E-state index is 11.7. The fourth-order valence-electron chi connectivity index (χ4n) is 2.15. The largest absolute Gasteiger partial charge is 0.411 e. The molecule has 0 saturated heterocycles. The van der Waals surface area contributed by atoms with Crippen LogP contribution < -0.4 is 0 Å². The molecule has 2 saturated carbocycles. The van der Waals surface area contributed by atoms with Crippen LogP contribution in [0, 0.1) is 0 Å². The van der Waals surface area contributed by atoms with E-state index in [1.165, 1.54) is 0 Å². The number of rotatable bonds is 4. The highest BCUT2D eigenvalue weighted by molar-refractivity contribution is 5.84. The monoisotopic (exact) mass is 240 g/mol. The highest BCUT2D eigenvalue weighted by Crippen LogP contribution is 2.25. The Morgan fingerprint density at radius 3 is 2.59 bits per heavy atom. The standard InChI is InChI=1S/C12H20N2O3/c1-14(10-4-5-10)12(15)8-17-11-6-2-9(13-16)3-7-11/h10-11,16H,2-8H2,1H3. The summed E-state index contributed by atoms with van der Waals surface area (Å²) < 4.78 is 5.61. The summed E-state index contributed by atoms with van der Waals surface area (Å²) in [6.45, 7) is 0.184. The van der Waals surface area contributed by atoms with Gasteiger partial charge >= 0.3 is 0 Å². The second-order valence-corrected chi connectivity index (χ2v) is 4.91. The Morgan fingerprint density at radius 2 is 2.06 bits per heavy atom. The molecular weight excluding hydrogens is 220 g/mol. The van der Waals surface area contributed by atoms with Gasteiger partial charge in [0.2, 0.25) is 5.91 Å². The molecule has 0 bridgehead atoms. The van der Waals surface area contributed by atoms with Gasteiger partial charge in [-0.05, 0) is 38.5 Å². The molecule has 17 heavy (non-hydrogen) atoms. The lowest BCUT2D eigenvalue weighted by Crippen LogP contribution is -2.34. The topological polar surface area (TPSA) is 62.1 Å². The van der Waals surface area contributed by atoms with E-state index >= 15 is 0 Å². The molecule has 0 aromatic rings. The van der Waals surface area contributed by atoms with Gasteiger partial charge in [-0.3, -0.25) is 4.79 Å². The van der Waals surface area contributed by atoms with Crippen molar-refractivity contribution in [1.29, 1.82) is 0 Å². The minimum absolute atomic E-state index is 0.0779. The van der Waals surface area contributed by atoms with Crippen molar-refractivity contribution in [1.82, 2.24) is 4.90 Å². The van der Waals surface area contributed by atoms with Crippen molar-refractivity contribution in [2.75, 3.05) is 13.7 Å². The lowest BCUT2D eigenvalue weighted by Gasteiger charge is -2.24. The Morgan fingerprint density at radius 1 is 1.41 bits per heavy atom. The Balaban J connectivity index is 1.66. The molecule has 0 unspecified atom stereocenters. The number of ether oxygens (including phenoxy) is 1. The minimum atomic E-state index is 0.0779. The van der Waals surface area contributed by atoms with Crippen LogP contribution in [-0.2, 0) is 9.53 Å². The lowest BCUT2D eigenvalue weighted by atomic mass is 9.96. The summed E-state index contributed by atoms with van der Waals surface area (Å²) in [6, 6.07) is 0.450. The van der Waals surface area contributed by atoms with Gasteiger partial charge in [-0.1, -0.05) is 5.16 Å². The van der Waals surface area contributed by atoms with Crippen LogP contribution in [0.2, 0.25) is 0 Å². The molecule has 1 N–H and O–H groups in total. The molecule has 2 fully saturated rings. The first-order valence-electron chi connectivity index (χ1n) is 6.27. The summed E-state index contributed by atoms with van der Waals surface area (Å²) in [5, 5.41) is 11.8. The van der Waals surface area contributed by atoms with E-state index < -0.39 is 0 Å². The van der Waals surface area contributed by atoms with Gasteiger partial charge in [0.25, 0.3) is 0 Å². The van der Waals surface area contributed by atoms with Gasteiger partial charge in [0.05, 0.1) is 11.8 Å². The minimum Gasteiger partial charge on any atom is -0.411 e. The maximum Gasteiger partial charge on any atom is 0.248 e. The Bertz CT molecular complexity index is 303. The van der Waals surface area contributed by atoms with Crippen molar-refractivity contribution < 1.29 is 14.7 Å². The van der Waals surface area contributed by atoms with Crippen LogP contribution in [0.1, 0.15) is 38.5 Å². The van der Waals surface area contributed by atoms with Crippen molar-refractivity contribution in [2.24, 2.45) is 5.16 Å². The van der Waals surface area contributed by atoms with Crippen LogP contribution in [0.25, 0.3) is 0 Å². The average molecular weight is 240 g/mol. The lowest BCUT2D eigenvalue weighted by molar-refractivity contribution is -0.137. The van der Waals surface area contributed by atoms with Gasteiger partial charge in [0, 0.05) is 13.1 Å². The van der Waals surface area contributed by atoms with Crippen molar-refractivity contribution in [3.8, 4) is 0 Å². The third-order valence-corrected chi connectivity index (χ3v) is 3.58. The number of likely N-dealkylation sites (N-methyl/N-ethyl adjacent to an activating group) is 1. The Kier molecular flexibility index (Phi) is 3.99. The fourth-order valence-corrected chi connectivity index (χ4v) is 2.15. The van der Waals surface area contributed by atoms with Gasteiger partial charge in [-0.2, -0.15) is 0 Å². The predicted octanol–water partition coefficient (Wildman–Crippen LogP) is 1.40. The second-order valence-electron chi connectivity index (χ2n) is 4.91. The van der Waals surface area contributed by atoms with E-state index in [9.17, 15) is 4.79 Å². The third-order valence-electron chi connectivity index (χ3n) is 3.58. The molecule has 5 nitrogen and oxygen atoms in total. The summed E-state index contributed by atoms with van der Waals surface area (Å²) in [7, 11) is 1.85. The predicted molar refractivity (Wildman–Crippen MR) is 63.2 cm³/mol. The maximum atomic E-state index is 11.7. The van der Waals surface area contributed by atoms with Crippen LogP contribution in [0.5, 0.6) is 0 Å². The molecule has 0 atom stereocenters. The number of oxime groups is 1. The molecule has 0 aromatic carbocycles. The fraction of sp³-hybridized carbons (Fsp3) is 0.833. The normalized spacial score (nSPS) is 24.5. The molecule has 96 valence electrons. The molecule has 0 radical (unpaired) electrons. The average Bonchev–Trinajstić information content (AvgIpc) is 3.20. The number of nitrogens with zero attached hydrogens (tertiary/aromatic N) is 2. The zero-order valence-electron chi connectivity index (χ0n) is 10.3. The van der Waals surface area contributed by atoms with Crippen molar-refractivity contribution in [3.63, 3.8) is 0 Å². The molecule has 0 heterocycles. The van der Waals surface area contributed by atoms with E-state index in [0.717, 1.165) is 44.2 Å². The van der Waals surface area contributed by atoms with Gasteiger partial charge < -0.3 is 14.8 Å². The van der Waals surface area contributed by atoms with E-state index in [0.29, 0.717) is 6.04 Å².